The van der Waals surface area contributed by atoms with E-state index in [-0.39, 0.29) is 18.2 Å². The SMILES string of the molecule is O=C1C[C@@H]([NH2+]Cc2ccncc2)C(=O)N1c1ccc(F)cc1. The molecule has 0 saturated carbocycles. The number of carbonyl (C=O) groups excluding carboxylic acids is 2. The lowest BCUT2D eigenvalue weighted by atomic mass is 10.2. The fraction of sp³-hybridized carbons (Fsp3) is 0.188. The van der Waals surface area contributed by atoms with Crippen LogP contribution in [0, 0.1) is 5.82 Å². The third-order valence-corrected chi connectivity index (χ3v) is 3.65. The van der Waals surface area contributed by atoms with Gasteiger partial charge in [-0.1, -0.05) is 0 Å². The lowest BCUT2D eigenvalue weighted by Crippen LogP contribution is -2.90. The highest BCUT2D eigenvalue weighted by molar-refractivity contribution is 6.21. The van der Waals surface area contributed by atoms with Crippen molar-refractivity contribution < 1.29 is 19.3 Å². The van der Waals surface area contributed by atoms with Crippen LogP contribution in [0.3, 0.4) is 0 Å². The second kappa shape index (κ2) is 6.03. The Morgan fingerprint density at radius 1 is 1.14 bits per heavy atom. The van der Waals surface area contributed by atoms with E-state index in [4.69, 9.17) is 0 Å². The monoisotopic (exact) mass is 300 g/mol. The van der Waals surface area contributed by atoms with Crippen molar-refractivity contribution in [3.05, 3.63) is 60.2 Å². The van der Waals surface area contributed by atoms with Crippen molar-refractivity contribution in [3.63, 3.8) is 0 Å². The van der Waals surface area contributed by atoms with Crippen molar-refractivity contribution in [2.24, 2.45) is 0 Å². The molecule has 5 nitrogen and oxygen atoms in total. The van der Waals surface area contributed by atoms with Crippen molar-refractivity contribution in [3.8, 4) is 0 Å². The molecule has 1 aliphatic rings. The van der Waals surface area contributed by atoms with Crippen LogP contribution < -0.4 is 10.2 Å². The van der Waals surface area contributed by atoms with Crippen molar-refractivity contribution in [2.45, 2.75) is 19.0 Å². The summed E-state index contributed by atoms with van der Waals surface area (Å²) in [4.78, 5) is 29.5. The van der Waals surface area contributed by atoms with Crippen LogP contribution >= 0.6 is 0 Å². The van der Waals surface area contributed by atoms with Crippen molar-refractivity contribution in [1.82, 2.24) is 4.98 Å². The molecule has 2 N–H and O–H groups in total. The Balaban J connectivity index is 1.70. The number of pyridine rings is 1. The van der Waals surface area contributed by atoms with E-state index >= 15 is 0 Å². The molecule has 1 atom stereocenters. The molecule has 1 fully saturated rings. The van der Waals surface area contributed by atoms with Crippen molar-refractivity contribution in [2.75, 3.05) is 4.90 Å². The maximum atomic E-state index is 13.0. The van der Waals surface area contributed by atoms with E-state index in [0.717, 1.165) is 10.5 Å². The Morgan fingerprint density at radius 2 is 1.82 bits per heavy atom. The first-order chi connectivity index (χ1) is 10.6. The predicted octanol–water partition coefficient (Wildman–Crippen LogP) is 0.616. The largest absolute Gasteiger partial charge is 0.332 e. The minimum atomic E-state index is -0.439. The number of anilines is 1. The van der Waals surface area contributed by atoms with Crippen LogP contribution in [-0.2, 0) is 16.1 Å². The summed E-state index contributed by atoms with van der Waals surface area (Å²) in [6.07, 6.45) is 3.53. The summed E-state index contributed by atoms with van der Waals surface area (Å²) in [5.41, 5.74) is 1.45. The summed E-state index contributed by atoms with van der Waals surface area (Å²) in [5.74, 6) is -0.915. The smallest absolute Gasteiger partial charge is 0.292 e. The number of halogens is 1. The fourth-order valence-corrected chi connectivity index (χ4v) is 2.50. The first-order valence-corrected chi connectivity index (χ1v) is 7.00. The molecule has 0 spiro atoms. The highest BCUT2D eigenvalue weighted by Crippen LogP contribution is 2.21. The molecule has 0 bridgehead atoms. The second-order valence-corrected chi connectivity index (χ2v) is 5.15. The number of quaternary nitrogens is 1. The van der Waals surface area contributed by atoms with Gasteiger partial charge >= 0.3 is 0 Å². The summed E-state index contributed by atoms with van der Waals surface area (Å²) in [6.45, 7) is 0.601. The number of imide groups is 1. The molecule has 3 rings (SSSR count). The first kappa shape index (κ1) is 14.3. The molecule has 1 aromatic carbocycles. The zero-order valence-corrected chi connectivity index (χ0v) is 11.8. The molecule has 2 amide bonds. The van der Waals surface area contributed by atoms with Crippen LogP contribution in [-0.4, -0.2) is 22.8 Å². The van der Waals surface area contributed by atoms with Crippen LogP contribution in [0.2, 0.25) is 0 Å². The molecule has 1 aliphatic heterocycles. The van der Waals surface area contributed by atoms with Crippen LogP contribution in [0.5, 0.6) is 0 Å². The molecule has 1 aromatic heterocycles. The summed E-state index contributed by atoms with van der Waals surface area (Å²) in [7, 11) is 0. The van der Waals surface area contributed by atoms with E-state index in [0.29, 0.717) is 12.2 Å². The van der Waals surface area contributed by atoms with Gasteiger partial charge in [-0.05, 0) is 36.4 Å². The maximum absolute atomic E-state index is 13.0. The minimum absolute atomic E-state index is 0.154. The molecule has 1 saturated heterocycles. The van der Waals surface area contributed by atoms with Crippen molar-refractivity contribution >= 4 is 17.5 Å². The van der Waals surface area contributed by atoms with Crippen LogP contribution in [0.15, 0.2) is 48.8 Å². The number of hydrogen-bond donors (Lipinski definition) is 1. The minimum Gasteiger partial charge on any atom is -0.332 e. The number of aromatic nitrogens is 1. The number of nitrogens with zero attached hydrogens (tertiary/aromatic N) is 2. The molecule has 0 aliphatic carbocycles. The third-order valence-electron chi connectivity index (χ3n) is 3.65. The van der Waals surface area contributed by atoms with Gasteiger partial charge in [0.05, 0.1) is 12.1 Å². The van der Waals surface area contributed by atoms with E-state index < -0.39 is 11.9 Å². The Morgan fingerprint density at radius 3 is 2.50 bits per heavy atom. The summed E-state index contributed by atoms with van der Waals surface area (Å²) in [5, 5.41) is 1.85. The summed E-state index contributed by atoms with van der Waals surface area (Å²) >= 11 is 0. The molecule has 22 heavy (non-hydrogen) atoms. The number of amides is 2. The Bertz CT molecular complexity index is 688. The Kier molecular flexibility index (Phi) is 3.93. The van der Waals surface area contributed by atoms with Gasteiger partial charge in [-0.2, -0.15) is 0 Å². The molecule has 0 unspecified atom stereocenters. The first-order valence-electron chi connectivity index (χ1n) is 7.00. The van der Waals surface area contributed by atoms with E-state index in [2.05, 4.69) is 4.98 Å². The highest BCUT2D eigenvalue weighted by atomic mass is 19.1. The lowest BCUT2D eigenvalue weighted by molar-refractivity contribution is -0.690. The van der Waals surface area contributed by atoms with Crippen LogP contribution in [0.25, 0.3) is 0 Å². The summed E-state index contributed by atoms with van der Waals surface area (Å²) in [6, 6.07) is 8.66. The lowest BCUT2D eigenvalue weighted by Gasteiger charge is -2.14. The summed E-state index contributed by atoms with van der Waals surface area (Å²) < 4.78 is 13.0. The Labute approximate surface area is 126 Å². The number of carbonyl (C=O) groups is 2. The number of hydrogen-bond acceptors (Lipinski definition) is 3. The normalized spacial score (nSPS) is 18.0. The van der Waals surface area contributed by atoms with Crippen LogP contribution in [0.1, 0.15) is 12.0 Å². The number of rotatable bonds is 4. The van der Waals surface area contributed by atoms with Gasteiger partial charge in [0.15, 0.2) is 6.04 Å². The zero-order chi connectivity index (χ0) is 15.5. The standard InChI is InChI=1S/C16H14FN3O2/c17-12-1-3-13(4-2-12)20-15(21)9-14(16(20)22)19-10-11-5-7-18-8-6-11/h1-8,14,19H,9-10H2/p+1/t14-/m1/s1. The molecule has 6 heteroatoms. The molecular formula is C16H15FN3O2+. The molecule has 0 radical (unpaired) electrons. The van der Waals surface area contributed by atoms with Gasteiger partial charge in [-0.3, -0.25) is 14.6 Å². The molecule has 2 aromatic rings. The van der Waals surface area contributed by atoms with Gasteiger partial charge in [0, 0.05) is 18.0 Å². The second-order valence-electron chi connectivity index (χ2n) is 5.15. The average Bonchev–Trinajstić information content (AvgIpc) is 2.82. The van der Waals surface area contributed by atoms with E-state index in [1.165, 1.54) is 24.3 Å². The Hall–Kier alpha value is -2.60. The van der Waals surface area contributed by atoms with Gasteiger partial charge in [0.25, 0.3) is 5.91 Å². The zero-order valence-electron chi connectivity index (χ0n) is 11.8. The number of nitrogens with two attached hydrogens (primary N) is 1. The van der Waals surface area contributed by atoms with Crippen molar-refractivity contribution in [1.29, 1.82) is 0 Å². The van der Waals surface area contributed by atoms with E-state index in [1.54, 1.807) is 12.4 Å². The molecular weight excluding hydrogens is 285 g/mol. The predicted molar refractivity (Wildman–Crippen MR) is 77.2 cm³/mol. The number of benzene rings is 1. The third kappa shape index (κ3) is 2.87. The maximum Gasteiger partial charge on any atom is 0.292 e. The van der Waals surface area contributed by atoms with Gasteiger partial charge in [-0.25, -0.2) is 9.29 Å². The van der Waals surface area contributed by atoms with E-state index in [1.807, 2.05) is 17.4 Å². The van der Waals surface area contributed by atoms with Crippen LogP contribution in [0.4, 0.5) is 10.1 Å². The average molecular weight is 300 g/mol. The topological polar surface area (TPSA) is 66.9 Å². The van der Waals surface area contributed by atoms with E-state index in [9.17, 15) is 14.0 Å². The van der Waals surface area contributed by atoms with Gasteiger partial charge < -0.3 is 5.32 Å². The molecule has 112 valence electrons. The van der Waals surface area contributed by atoms with Gasteiger partial charge in [0.2, 0.25) is 5.91 Å². The fourth-order valence-electron chi connectivity index (χ4n) is 2.50. The van der Waals surface area contributed by atoms with Gasteiger partial charge in [0.1, 0.15) is 12.4 Å². The highest BCUT2D eigenvalue weighted by Gasteiger charge is 2.42. The molecule has 2 heterocycles. The quantitative estimate of drug-likeness (QED) is 0.842. The van der Waals surface area contributed by atoms with Gasteiger partial charge in [-0.15, -0.1) is 0 Å².